The van der Waals surface area contributed by atoms with Crippen LogP contribution in [0.4, 0.5) is 0 Å². The van der Waals surface area contributed by atoms with Crippen LogP contribution in [0.15, 0.2) is 83.9 Å². The van der Waals surface area contributed by atoms with Gasteiger partial charge in [0.1, 0.15) is 6.04 Å². The van der Waals surface area contributed by atoms with Gasteiger partial charge < -0.3 is 9.72 Å². The third-order valence-corrected chi connectivity index (χ3v) is 7.55. The molecule has 1 N–H and O–H groups in total. The lowest BCUT2D eigenvalue weighted by Crippen LogP contribution is -2.35. The highest BCUT2D eigenvalue weighted by Crippen LogP contribution is 2.31. The smallest absolute Gasteiger partial charge is 0.253 e. The highest BCUT2D eigenvalue weighted by atomic mass is 16.5. The average molecular weight is 536 g/mol. The molecule has 0 aliphatic carbocycles. The Labute approximate surface area is 232 Å². The maximum absolute atomic E-state index is 13.8. The first-order valence-electron chi connectivity index (χ1n) is 13.9. The molecule has 9 heteroatoms. The van der Waals surface area contributed by atoms with Crippen LogP contribution < -0.4 is 5.56 Å². The number of nitrogens with one attached hydrogen (secondary N) is 1. The largest absolute Gasteiger partial charge is 0.376 e. The predicted octanol–water partition coefficient (Wildman–Crippen LogP) is 4.44. The highest BCUT2D eigenvalue weighted by molar-refractivity contribution is 5.80. The highest BCUT2D eigenvalue weighted by Gasteiger charge is 2.32. The summed E-state index contributed by atoms with van der Waals surface area (Å²) in [6, 6.07) is 21.9. The zero-order valence-electron chi connectivity index (χ0n) is 22.6. The van der Waals surface area contributed by atoms with Crippen molar-refractivity contribution in [3.05, 3.63) is 118 Å². The normalized spacial score (nSPS) is 16.1. The van der Waals surface area contributed by atoms with Gasteiger partial charge in [-0.2, -0.15) is 0 Å². The van der Waals surface area contributed by atoms with Crippen molar-refractivity contribution in [2.24, 2.45) is 0 Å². The lowest BCUT2D eigenvalue weighted by molar-refractivity contribution is 0.0903. The molecule has 4 heterocycles. The van der Waals surface area contributed by atoms with Gasteiger partial charge in [-0.05, 0) is 76.0 Å². The summed E-state index contributed by atoms with van der Waals surface area (Å²) in [5.41, 5.74) is 4.63. The molecule has 3 aromatic heterocycles. The number of ether oxygens (including phenoxy) is 1. The first-order valence-corrected chi connectivity index (χ1v) is 13.9. The number of tetrazole rings is 1. The Hall–Kier alpha value is -4.21. The fraction of sp³-hybridized carbons (Fsp3) is 0.323. The summed E-state index contributed by atoms with van der Waals surface area (Å²) in [5.74, 6) is 0.617. The van der Waals surface area contributed by atoms with Crippen LogP contribution in [-0.2, 0) is 30.8 Å². The van der Waals surface area contributed by atoms with Gasteiger partial charge in [0.2, 0.25) is 0 Å². The predicted molar refractivity (Wildman–Crippen MR) is 153 cm³/mol. The van der Waals surface area contributed by atoms with Crippen molar-refractivity contribution in [2.45, 2.75) is 58.0 Å². The third-order valence-electron chi connectivity index (χ3n) is 7.55. The molecule has 0 bridgehead atoms. The Morgan fingerprint density at radius 2 is 1.90 bits per heavy atom. The quantitative estimate of drug-likeness (QED) is 0.282. The Morgan fingerprint density at radius 3 is 2.67 bits per heavy atom. The maximum atomic E-state index is 13.8. The van der Waals surface area contributed by atoms with E-state index in [0.717, 1.165) is 47.9 Å². The minimum atomic E-state index is -0.518. The number of H-pyrrole nitrogens is 1. The number of hydrogen-bond donors (Lipinski definition) is 1. The molecule has 1 aliphatic rings. The van der Waals surface area contributed by atoms with Crippen molar-refractivity contribution in [2.75, 3.05) is 6.61 Å². The SMILES string of the molecule is CCc1ccc2[nH]c(=O)c([C@H](c3nnnn3C[C@@H]3CCCO3)N(Cc3ccccc3)Cc3cccnc3)cc2c1. The summed E-state index contributed by atoms with van der Waals surface area (Å²) in [4.78, 5) is 23.5. The number of hydrogen-bond acceptors (Lipinski definition) is 7. The van der Waals surface area contributed by atoms with Crippen LogP contribution in [0, 0.1) is 0 Å². The van der Waals surface area contributed by atoms with E-state index in [9.17, 15) is 4.79 Å². The van der Waals surface area contributed by atoms with Gasteiger partial charge in [-0.1, -0.05) is 49.4 Å². The molecule has 6 rings (SSSR count). The Balaban J connectivity index is 1.51. The topological polar surface area (TPSA) is 102 Å². The van der Waals surface area contributed by atoms with Crippen molar-refractivity contribution in [1.82, 2.24) is 35.1 Å². The van der Waals surface area contributed by atoms with E-state index in [2.05, 4.69) is 67.6 Å². The lowest BCUT2D eigenvalue weighted by Gasteiger charge is -2.31. The fourth-order valence-electron chi connectivity index (χ4n) is 5.50. The number of aromatic nitrogens is 6. The number of nitrogens with zero attached hydrogens (tertiary/aromatic N) is 6. The first kappa shape index (κ1) is 26.0. The van der Waals surface area contributed by atoms with Crippen molar-refractivity contribution in [3.63, 3.8) is 0 Å². The molecule has 0 radical (unpaired) electrons. The molecule has 2 atom stereocenters. The molecule has 9 nitrogen and oxygen atoms in total. The van der Waals surface area contributed by atoms with E-state index >= 15 is 0 Å². The zero-order chi connectivity index (χ0) is 27.3. The number of fused-ring (bicyclic) bond motifs is 1. The summed E-state index contributed by atoms with van der Waals surface area (Å²) in [6.45, 7) is 4.55. The Morgan fingerprint density at radius 1 is 1.05 bits per heavy atom. The average Bonchev–Trinajstić information content (AvgIpc) is 3.67. The standard InChI is InChI=1S/C31H33N7O2/c1-2-22-12-13-28-25(16-22)17-27(31(39)33-28)29(30-34-35-36-38(30)21-26-11-7-15-40-26)37(19-23-8-4-3-5-9-23)20-24-10-6-14-32-18-24/h3-6,8-10,12-14,16-18,26,29H,2,7,11,15,19-21H2,1H3,(H,33,39)/t26-,29+/m0/s1. The second-order valence-corrected chi connectivity index (χ2v) is 10.3. The monoisotopic (exact) mass is 535 g/mol. The molecule has 0 amide bonds. The number of aryl methyl sites for hydroxylation is 1. The molecule has 0 spiro atoms. The lowest BCUT2D eigenvalue weighted by atomic mass is 10.0. The van der Waals surface area contributed by atoms with Gasteiger partial charge in [0.15, 0.2) is 5.82 Å². The first-order chi connectivity index (χ1) is 19.7. The van der Waals surface area contributed by atoms with E-state index in [1.54, 1.807) is 6.20 Å². The van der Waals surface area contributed by atoms with Crippen molar-refractivity contribution < 1.29 is 4.74 Å². The molecule has 1 fully saturated rings. The summed E-state index contributed by atoms with van der Waals surface area (Å²) >= 11 is 0. The van der Waals surface area contributed by atoms with Crippen LogP contribution in [0.3, 0.4) is 0 Å². The van der Waals surface area contributed by atoms with Gasteiger partial charge in [0, 0.05) is 43.2 Å². The minimum Gasteiger partial charge on any atom is -0.376 e. The molecule has 40 heavy (non-hydrogen) atoms. The van der Waals surface area contributed by atoms with Crippen LogP contribution in [0.2, 0.25) is 0 Å². The summed E-state index contributed by atoms with van der Waals surface area (Å²) in [6.07, 6.45) is 6.58. The molecule has 2 aromatic carbocycles. The van der Waals surface area contributed by atoms with E-state index < -0.39 is 6.04 Å². The molecule has 204 valence electrons. The molecule has 0 unspecified atom stereocenters. The van der Waals surface area contributed by atoms with Crippen molar-refractivity contribution in [3.8, 4) is 0 Å². The van der Waals surface area contributed by atoms with E-state index in [1.165, 1.54) is 5.56 Å². The van der Waals surface area contributed by atoms with Crippen LogP contribution in [0.5, 0.6) is 0 Å². The van der Waals surface area contributed by atoms with Crippen LogP contribution >= 0.6 is 0 Å². The van der Waals surface area contributed by atoms with E-state index in [4.69, 9.17) is 4.74 Å². The molecular formula is C31H33N7O2. The van der Waals surface area contributed by atoms with Crippen LogP contribution in [0.1, 0.15) is 53.9 Å². The van der Waals surface area contributed by atoms with Gasteiger partial charge >= 0.3 is 0 Å². The molecular weight excluding hydrogens is 502 g/mol. The van der Waals surface area contributed by atoms with Crippen LogP contribution in [0.25, 0.3) is 10.9 Å². The Kier molecular flexibility index (Phi) is 7.74. The minimum absolute atomic E-state index is 0.0470. The van der Waals surface area contributed by atoms with Crippen LogP contribution in [-0.4, -0.2) is 47.8 Å². The van der Waals surface area contributed by atoms with Gasteiger partial charge in [0.05, 0.1) is 12.6 Å². The molecule has 1 saturated heterocycles. The molecule has 1 aliphatic heterocycles. The molecule has 5 aromatic rings. The summed E-state index contributed by atoms with van der Waals surface area (Å²) in [7, 11) is 0. The van der Waals surface area contributed by atoms with E-state index in [1.807, 2.05) is 47.3 Å². The number of aromatic amines is 1. The number of pyridine rings is 2. The second-order valence-electron chi connectivity index (χ2n) is 10.3. The number of benzene rings is 2. The summed E-state index contributed by atoms with van der Waals surface area (Å²) < 4.78 is 7.73. The maximum Gasteiger partial charge on any atom is 0.253 e. The Bertz CT molecular complexity index is 1570. The molecule has 0 saturated carbocycles. The third kappa shape index (κ3) is 5.71. The zero-order valence-corrected chi connectivity index (χ0v) is 22.6. The van der Waals surface area contributed by atoms with Crippen molar-refractivity contribution in [1.29, 1.82) is 0 Å². The number of rotatable bonds is 10. The van der Waals surface area contributed by atoms with Gasteiger partial charge in [-0.25, -0.2) is 4.68 Å². The fourth-order valence-corrected chi connectivity index (χ4v) is 5.50. The summed E-state index contributed by atoms with van der Waals surface area (Å²) in [5, 5.41) is 14.0. The van der Waals surface area contributed by atoms with Gasteiger partial charge in [0.25, 0.3) is 5.56 Å². The van der Waals surface area contributed by atoms with Gasteiger partial charge in [-0.15, -0.1) is 5.10 Å². The van der Waals surface area contributed by atoms with E-state index in [-0.39, 0.29) is 11.7 Å². The second kappa shape index (κ2) is 11.9. The van der Waals surface area contributed by atoms with Crippen molar-refractivity contribution >= 4 is 10.9 Å². The van der Waals surface area contributed by atoms with E-state index in [0.29, 0.717) is 31.0 Å². The van der Waals surface area contributed by atoms with Gasteiger partial charge in [-0.3, -0.25) is 14.7 Å².